The maximum absolute atomic E-state index is 11.4. The maximum atomic E-state index is 11.4. The van der Waals surface area contributed by atoms with Gasteiger partial charge in [-0.25, -0.2) is 9.59 Å². The molecule has 0 spiro atoms. The third-order valence-corrected chi connectivity index (χ3v) is 3.05. The number of aliphatic hydroxyl groups is 1. The van der Waals surface area contributed by atoms with E-state index in [0.29, 0.717) is 5.69 Å². The molecule has 0 aliphatic rings. The number of amides is 2. The average molecular weight is 317 g/mol. The van der Waals surface area contributed by atoms with Gasteiger partial charge >= 0.3 is 12.0 Å². The van der Waals surface area contributed by atoms with E-state index in [2.05, 4.69) is 26.6 Å². The van der Waals surface area contributed by atoms with Gasteiger partial charge in [0.15, 0.2) is 6.10 Å². The average Bonchev–Trinajstić information content (AvgIpc) is 2.30. The monoisotopic (exact) mass is 316 g/mol. The molecule has 0 aromatic heterocycles. The van der Waals surface area contributed by atoms with Crippen molar-refractivity contribution in [1.29, 1.82) is 0 Å². The summed E-state index contributed by atoms with van der Waals surface area (Å²) in [5, 5.41) is 22.2. The van der Waals surface area contributed by atoms with Gasteiger partial charge in [0, 0.05) is 10.2 Å². The zero-order valence-corrected chi connectivity index (χ0v) is 11.2. The fourth-order valence-corrected chi connectivity index (χ4v) is 1.42. The normalized spacial score (nSPS) is 11.7. The molecule has 1 aromatic carbocycles. The Hall–Kier alpha value is -1.60. The van der Waals surface area contributed by atoms with E-state index in [1.165, 1.54) is 0 Å². The summed E-state index contributed by atoms with van der Waals surface area (Å²) in [5.74, 6) is -1.38. The summed E-state index contributed by atoms with van der Waals surface area (Å²) in [6.07, 6.45) is -1.61. The number of hydrogen-bond donors (Lipinski definition) is 4. The van der Waals surface area contributed by atoms with Crippen LogP contribution in [0, 0.1) is 6.92 Å². The number of benzene rings is 1. The minimum Gasteiger partial charge on any atom is -0.479 e. The molecule has 0 heterocycles. The maximum Gasteiger partial charge on any atom is 0.334 e. The zero-order chi connectivity index (χ0) is 13.7. The van der Waals surface area contributed by atoms with E-state index in [0.717, 1.165) is 10.0 Å². The molecule has 18 heavy (non-hydrogen) atoms. The Balaban J connectivity index is 2.49. The number of carboxylic acid groups (broad SMARTS) is 1. The summed E-state index contributed by atoms with van der Waals surface area (Å²) in [6.45, 7) is 1.53. The lowest BCUT2D eigenvalue weighted by molar-refractivity contribution is -0.146. The van der Waals surface area contributed by atoms with Gasteiger partial charge in [0.05, 0.1) is 6.54 Å². The summed E-state index contributed by atoms with van der Waals surface area (Å²) in [4.78, 5) is 21.7. The second-order valence-corrected chi connectivity index (χ2v) is 4.51. The fourth-order valence-electron chi connectivity index (χ4n) is 1.17. The predicted molar refractivity (Wildman–Crippen MR) is 69.5 cm³/mol. The highest BCUT2D eigenvalue weighted by atomic mass is 79.9. The van der Waals surface area contributed by atoms with Gasteiger partial charge in [-0.3, -0.25) is 0 Å². The topological polar surface area (TPSA) is 98.7 Å². The second kappa shape index (κ2) is 6.36. The van der Waals surface area contributed by atoms with Gasteiger partial charge in [-0.1, -0.05) is 15.9 Å². The SMILES string of the molecule is Cc1cc(NC(=O)NC[C@H](O)C(=O)O)ccc1Br. The molecular formula is C11H13BrN2O4. The van der Waals surface area contributed by atoms with Gasteiger partial charge in [0.2, 0.25) is 0 Å². The fraction of sp³-hybridized carbons (Fsp3) is 0.273. The molecule has 1 atom stereocenters. The lowest BCUT2D eigenvalue weighted by Gasteiger charge is -2.10. The zero-order valence-electron chi connectivity index (χ0n) is 9.61. The summed E-state index contributed by atoms with van der Waals surface area (Å²) in [6, 6.07) is 4.68. The van der Waals surface area contributed by atoms with Crippen molar-refractivity contribution in [2.24, 2.45) is 0 Å². The molecule has 4 N–H and O–H groups in total. The van der Waals surface area contributed by atoms with E-state index in [9.17, 15) is 9.59 Å². The highest BCUT2D eigenvalue weighted by Crippen LogP contribution is 2.19. The van der Waals surface area contributed by atoms with E-state index < -0.39 is 18.1 Å². The molecule has 7 heteroatoms. The first-order valence-corrected chi connectivity index (χ1v) is 5.91. The number of nitrogens with one attached hydrogen (secondary N) is 2. The van der Waals surface area contributed by atoms with Crippen LogP contribution in [0.1, 0.15) is 5.56 Å². The van der Waals surface area contributed by atoms with Crippen LogP contribution < -0.4 is 10.6 Å². The molecule has 0 bridgehead atoms. The smallest absolute Gasteiger partial charge is 0.334 e. The highest BCUT2D eigenvalue weighted by molar-refractivity contribution is 9.10. The molecule has 0 saturated carbocycles. The lowest BCUT2D eigenvalue weighted by atomic mass is 10.2. The molecule has 0 aliphatic heterocycles. The summed E-state index contributed by atoms with van der Waals surface area (Å²) in [7, 11) is 0. The Morgan fingerprint density at radius 2 is 2.11 bits per heavy atom. The Morgan fingerprint density at radius 1 is 1.44 bits per heavy atom. The number of anilines is 1. The molecule has 0 fully saturated rings. The number of aliphatic hydroxyl groups excluding tert-OH is 1. The van der Waals surface area contributed by atoms with Crippen molar-refractivity contribution in [1.82, 2.24) is 5.32 Å². The van der Waals surface area contributed by atoms with Crippen molar-refractivity contribution in [3.8, 4) is 0 Å². The summed E-state index contributed by atoms with van der Waals surface area (Å²) >= 11 is 3.33. The summed E-state index contributed by atoms with van der Waals surface area (Å²) in [5.41, 5.74) is 1.54. The largest absolute Gasteiger partial charge is 0.479 e. The van der Waals surface area contributed by atoms with E-state index in [1.807, 2.05) is 6.92 Å². The van der Waals surface area contributed by atoms with Crippen molar-refractivity contribution in [3.63, 3.8) is 0 Å². The van der Waals surface area contributed by atoms with Crippen LogP contribution in [0.15, 0.2) is 22.7 Å². The number of urea groups is 1. The Kier molecular flexibility index (Phi) is 5.11. The van der Waals surface area contributed by atoms with Gasteiger partial charge in [-0.05, 0) is 30.7 Å². The van der Waals surface area contributed by atoms with Crippen LogP contribution in [-0.2, 0) is 4.79 Å². The van der Waals surface area contributed by atoms with Gasteiger partial charge in [-0.2, -0.15) is 0 Å². The Morgan fingerprint density at radius 3 is 2.67 bits per heavy atom. The van der Waals surface area contributed by atoms with Crippen LogP contribution >= 0.6 is 15.9 Å². The number of carbonyl (C=O) groups excluding carboxylic acids is 1. The number of hydrogen-bond acceptors (Lipinski definition) is 3. The highest BCUT2D eigenvalue weighted by Gasteiger charge is 2.13. The van der Waals surface area contributed by atoms with Gasteiger partial charge in [0.25, 0.3) is 0 Å². The lowest BCUT2D eigenvalue weighted by Crippen LogP contribution is -2.38. The van der Waals surface area contributed by atoms with Crippen molar-refractivity contribution in [2.45, 2.75) is 13.0 Å². The molecule has 2 amide bonds. The number of carboxylic acids is 1. The van der Waals surface area contributed by atoms with Crippen LogP contribution in [0.25, 0.3) is 0 Å². The molecule has 1 aromatic rings. The van der Waals surface area contributed by atoms with E-state index >= 15 is 0 Å². The van der Waals surface area contributed by atoms with E-state index in [-0.39, 0.29) is 6.54 Å². The van der Waals surface area contributed by atoms with Gasteiger partial charge in [-0.15, -0.1) is 0 Å². The summed E-state index contributed by atoms with van der Waals surface area (Å²) < 4.78 is 0.926. The standard InChI is InChI=1S/C11H13BrN2O4/c1-6-4-7(2-3-8(6)12)14-11(18)13-5-9(15)10(16)17/h2-4,9,15H,5H2,1H3,(H,16,17)(H2,13,14,18)/t9-/m0/s1. The Labute approximate surface area is 112 Å². The van der Waals surface area contributed by atoms with Crippen LogP contribution in [0.2, 0.25) is 0 Å². The van der Waals surface area contributed by atoms with E-state index in [4.69, 9.17) is 10.2 Å². The number of aryl methyl sites for hydroxylation is 1. The molecular weight excluding hydrogens is 304 g/mol. The molecule has 6 nitrogen and oxygen atoms in total. The second-order valence-electron chi connectivity index (χ2n) is 3.65. The van der Waals surface area contributed by atoms with Gasteiger partial charge in [0.1, 0.15) is 0 Å². The third-order valence-electron chi connectivity index (χ3n) is 2.16. The molecule has 1 rings (SSSR count). The van der Waals surface area contributed by atoms with Crippen LogP contribution in [-0.4, -0.2) is 34.9 Å². The molecule has 0 aliphatic carbocycles. The van der Waals surface area contributed by atoms with Crippen LogP contribution in [0.3, 0.4) is 0 Å². The van der Waals surface area contributed by atoms with Crippen molar-refractivity contribution in [3.05, 3.63) is 28.2 Å². The Bertz CT molecular complexity index is 464. The van der Waals surface area contributed by atoms with Crippen LogP contribution in [0.4, 0.5) is 10.5 Å². The first-order valence-electron chi connectivity index (χ1n) is 5.12. The van der Waals surface area contributed by atoms with E-state index in [1.54, 1.807) is 18.2 Å². The quantitative estimate of drug-likeness (QED) is 0.673. The number of rotatable bonds is 4. The van der Waals surface area contributed by atoms with Crippen LogP contribution in [0.5, 0.6) is 0 Å². The third kappa shape index (κ3) is 4.34. The van der Waals surface area contributed by atoms with Crippen molar-refractivity contribution < 1.29 is 19.8 Å². The minimum absolute atomic E-state index is 0.351. The first kappa shape index (κ1) is 14.5. The number of aliphatic carboxylic acids is 1. The molecule has 0 saturated heterocycles. The number of halogens is 1. The number of carbonyl (C=O) groups is 2. The first-order chi connectivity index (χ1) is 8.40. The van der Waals surface area contributed by atoms with Crippen molar-refractivity contribution in [2.75, 3.05) is 11.9 Å². The van der Waals surface area contributed by atoms with Crippen molar-refractivity contribution >= 4 is 33.6 Å². The van der Waals surface area contributed by atoms with Gasteiger partial charge < -0.3 is 20.8 Å². The molecule has 0 radical (unpaired) electrons. The predicted octanol–water partition coefficient (Wildman–Crippen LogP) is 1.32. The minimum atomic E-state index is -1.61. The molecule has 98 valence electrons. The molecule has 0 unspecified atom stereocenters.